The summed E-state index contributed by atoms with van der Waals surface area (Å²) in [7, 11) is 0. The molecule has 6 atom stereocenters. The average molecular weight is 467 g/mol. The molecule has 1 spiro atoms. The number of fused-ring (bicyclic) bond motifs is 1. The molecular formula is C24H38N2O5S. The topological polar surface area (TPSA) is 87.2 Å². The van der Waals surface area contributed by atoms with Crippen LogP contribution in [0.25, 0.3) is 0 Å². The molecule has 3 aliphatic heterocycles. The van der Waals surface area contributed by atoms with E-state index in [0.717, 1.165) is 25.7 Å². The molecule has 3 unspecified atom stereocenters. The normalized spacial score (nSPS) is 31.5. The van der Waals surface area contributed by atoms with Crippen LogP contribution in [0.2, 0.25) is 0 Å². The highest BCUT2D eigenvalue weighted by molar-refractivity contribution is 8.02. The zero-order valence-electron chi connectivity index (χ0n) is 19.6. The van der Waals surface area contributed by atoms with Gasteiger partial charge in [-0.3, -0.25) is 14.4 Å². The molecule has 0 aromatic rings. The van der Waals surface area contributed by atoms with Gasteiger partial charge in [0.05, 0.1) is 23.2 Å². The lowest BCUT2D eigenvalue weighted by Gasteiger charge is -2.39. The van der Waals surface area contributed by atoms with Gasteiger partial charge in [-0.1, -0.05) is 19.4 Å². The summed E-state index contributed by atoms with van der Waals surface area (Å²) in [6, 6.07) is -0.549. The Balaban J connectivity index is 1.99. The van der Waals surface area contributed by atoms with Crippen LogP contribution in [0.5, 0.6) is 0 Å². The predicted octanol–water partition coefficient (Wildman–Crippen LogP) is 2.62. The maximum Gasteiger partial charge on any atom is 0.310 e. The van der Waals surface area contributed by atoms with E-state index < -0.39 is 22.6 Å². The summed E-state index contributed by atoms with van der Waals surface area (Å²) in [5.74, 6) is -1.45. The maximum atomic E-state index is 14.1. The van der Waals surface area contributed by atoms with Gasteiger partial charge in [0.2, 0.25) is 11.8 Å². The maximum absolute atomic E-state index is 14.1. The fraction of sp³-hybridized carbons (Fsp3) is 0.792. The van der Waals surface area contributed by atoms with Gasteiger partial charge in [-0.2, -0.15) is 0 Å². The lowest BCUT2D eigenvalue weighted by Crippen LogP contribution is -2.56. The van der Waals surface area contributed by atoms with Gasteiger partial charge in [-0.15, -0.1) is 18.3 Å². The Morgan fingerprint density at radius 3 is 2.78 bits per heavy atom. The Morgan fingerprint density at radius 1 is 1.41 bits per heavy atom. The molecule has 0 radical (unpaired) electrons. The summed E-state index contributed by atoms with van der Waals surface area (Å²) in [4.78, 5) is 44.2. The van der Waals surface area contributed by atoms with Gasteiger partial charge in [-0.05, 0) is 46.0 Å². The molecule has 0 aromatic heterocycles. The Labute approximate surface area is 195 Å². The van der Waals surface area contributed by atoms with Crippen LogP contribution in [0.4, 0.5) is 0 Å². The molecular weight excluding hydrogens is 428 g/mol. The van der Waals surface area contributed by atoms with Crippen molar-refractivity contribution in [2.75, 3.05) is 26.3 Å². The molecule has 0 saturated carbocycles. The summed E-state index contributed by atoms with van der Waals surface area (Å²) in [6.07, 6.45) is 6.35. The SMILES string of the molecule is C=CCN(C(=O)C1N(CCCCO)C(=O)[C@@H]2[C@H](C(=O)OCC)[C@@H]3CCC12S3)C(C)CCC. The van der Waals surface area contributed by atoms with Crippen LogP contribution >= 0.6 is 11.8 Å². The number of aliphatic hydroxyl groups excluding tert-OH is 1. The van der Waals surface area contributed by atoms with Crippen molar-refractivity contribution in [1.82, 2.24) is 9.80 Å². The Hall–Kier alpha value is -1.54. The minimum atomic E-state index is -0.590. The molecule has 3 heterocycles. The van der Waals surface area contributed by atoms with Gasteiger partial charge >= 0.3 is 5.97 Å². The number of carbonyl (C=O) groups is 3. The fourth-order valence-electron chi connectivity index (χ4n) is 5.93. The zero-order chi connectivity index (χ0) is 23.5. The van der Waals surface area contributed by atoms with Crippen LogP contribution in [0.1, 0.15) is 59.3 Å². The number of unbranched alkanes of at least 4 members (excludes halogenated alkanes) is 1. The number of nitrogens with zero attached hydrogens (tertiary/aromatic N) is 2. The summed E-state index contributed by atoms with van der Waals surface area (Å²) < 4.78 is 4.77. The predicted molar refractivity (Wildman–Crippen MR) is 125 cm³/mol. The molecule has 3 saturated heterocycles. The molecule has 3 fully saturated rings. The number of amides is 2. The summed E-state index contributed by atoms with van der Waals surface area (Å²) >= 11 is 1.67. The second-order valence-electron chi connectivity index (χ2n) is 9.19. The molecule has 32 heavy (non-hydrogen) atoms. The molecule has 2 bridgehead atoms. The Morgan fingerprint density at radius 2 is 2.16 bits per heavy atom. The van der Waals surface area contributed by atoms with E-state index in [-0.39, 0.29) is 42.3 Å². The number of rotatable bonds is 12. The highest BCUT2D eigenvalue weighted by Crippen LogP contribution is 2.66. The van der Waals surface area contributed by atoms with Crippen LogP contribution in [0.15, 0.2) is 12.7 Å². The Bertz CT molecular complexity index is 731. The van der Waals surface area contributed by atoms with E-state index in [9.17, 15) is 19.5 Å². The first-order valence-corrected chi connectivity index (χ1v) is 12.9. The van der Waals surface area contributed by atoms with E-state index in [1.54, 1.807) is 29.7 Å². The van der Waals surface area contributed by atoms with Crippen molar-refractivity contribution in [3.05, 3.63) is 12.7 Å². The summed E-state index contributed by atoms with van der Waals surface area (Å²) in [6.45, 7) is 11.0. The van der Waals surface area contributed by atoms with Crippen molar-refractivity contribution >= 4 is 29.5 Å². The summed E-state index contributed by atoms with van der Waals surface area (Å²) in [5.41, 5.74) is 0. The van der Waals surface area contributed by atoms with E-state index in [1.165, 1.54) is 0 Å². The van der Waals surface area contributed by atoms with E-state index in [0.29, 0.717) is 25.9 Å². The third kappa shape index (κ3) is 4.20. The van der Waals surface area contributed by atoms with E-state index in [4.69, 9.17) is 4.74 Å². The summed E-state index contributed by atoms with van der Waals surface area (Å²) in [5, 5.41) is 9.28. The highest BCUT2D eigenvalue weighted by atomic mass is 32.2. The number of hydrogen-bond acceptors (Lipinski definition) is 6. The van der Waals surface area contributed by atoms with Crippen molar-refractivity contribution in [1.29, 1.82) is 0 Å². The number of likely N-dealkylation sites (tertiary alicyclic amines) is 1. The molecule has 8 heteroatoms. The molecule has 180 valence electrons. The van der Waals surface area contributed by atoms with Crippen LogP contribution in [-0.4, -0.2) is 81.1 Å². The number of hydrogen-bond donors (Lipinski definition) is 1. The fourth-order valence-corrected chi connectivity index (χ4v) is 8.13. The van der Waals surface area contributed by atoms with Crippen molar-refractivity contribution in [2.24, 2.45) is 11.8 Å². The molecule has 1 N–H and O–H groups in total. The van der Waals surface area contributed by atoms with Crippen LogP contribution in [0.3, 0.4) is 0 Å². The van der Waals surface area contributed by atoms with E-state index in [2.05, 4.69) is 13.5 Å². The van der Waals surface area contributed by atoms with E-state index >= 15 is 0 Å². The van der Waals surface area contributed by atoms with Crippen LogP contribution in [-0.2, 0) is 19.1 Å². The van der Waals surface area contributed by atoms with Gasteiger partial charge < -0.3 is 19.6 Å². The smallest absolute Gasteiger partial charge is 0.310 e. The van der Waals surface area contributed by atoms with Gasteiger partial charge in [-0.25, -0.2) is 0 Å². The number of aliphatic hydroxyl groups is 1. The monoisotopic (exact) mass is 466 g/mol. The van der Waals surface area contributed by atoms with Crippen molar-refractivity contribution < 1.29 is 24.2 Å². The minimum Gasteiger partial charge on any atom is -0.466 e. The first-order valence-electron chi connectivity index (χ1n) is 12.0. The van der Waals surface area contributed by atoms with Crippen molar-refractivity contribution in [3.63, 3.8) is 0 Å². The molecule has 0 aromatic carbocycles. The van der Waals surface area contributed by atoms with Gasteiger partial charge in [0.25, 0.3) is 0 Å². The molecule has 7 nitrogen and oxygen atoms in total. The molecule has 0 aliphatic carbocycles. The largest absolute Gasteiger partial charge is 0.466 e. The first kappa shape index (κ1) is 25.1. The van der Waals surface area contributed by atoms with Crippen LogP contribution < -0.4 is 0 Å². The number of ether oxygens (including phenoxy) is 1. The first-order chi connectivity index (χ1) is 15.4. The van der Waals surface area contributed by atoms with Crippen molar-refractivity contribution in [3.8, 4) is 0 Å². The standard InChI is InChI=1S/C24H38N2O5S/c1-5-10-16(4)25(13-6-2)22(29)20-24-12-11-17(32-24)18(23(30)31-7-3)19(24)21(28)26(20)14-8-9-15-27/h6,16-20,27H,2,5,7-15H2,1,3-4H3/t16?,17-,18+,19-,20?,24?/m0/s1. The third-order valence-corrected chi connectivity index (χ3v) is 9.20. The lowest BCUT2D eigenvalue weighted by atomic mass is 9.71. The third-order valence-electron chi connectivity index (χ3n) is 7.25. The zero-order valence-corrected chi connectivity index (χ0v) is 20.4. The van der Waals surface area contributed by atoms with Crippen molar-refractivity contribution in [2.45, 2.75) is 81.4 Å². The van der Waals surface area contributed by atoms with Gasteiger partial charge in [0, 0.05) is 31.0 Å². The molecule has 2 amide bonds. The van der Waals surface area contributed by atoms with Gasteiger partial charge in [0.1, 0.15) is 6.04 Å². The molecule has 3 rings (SSSR count). The van der Waals surface area contributed by atoms with Crippen LogP contribution in [0, 0.1) is 11.8 Å². The average Bonchev–Trinajstić information content (AvgIpc) is 3.40. The highest BCUT2D eigenvalue weighted by Gasteiger charge is 2.74. The number of thioether (sulfide) groups is 1. The Kier molecular flexibility index (Phi) is 8.31. The number of carbonyl (C=O) groups excluding carboxylic acids is 3. The second-order valence-corrected chi connectivity index (χ2v) is 10.8. The molecule has 3 aliphatic rings. The minimum absolute atomic E-state index is 0.0267. The van der Waals surface area contributed by atoms with E-state index in [1.807, 2.05) is 11.8 Å². The lowest BCUT2D eigenvalue weighted by molar-refractivity contribution is -0.153. The number of esters is 1. The quantitative estimate of drug-likeness (QED) is 0.270. The second kappa shape index (κ2) is 10.6. The van der Waals surface area contributed by atoms with Gasteiger partial charge in [0.15, 0.2) is 0 Å².